The largest absolute Gasteiger partial charge is 0.389 e. The number of amides is 2. The van der Waals surface area contributed by atoms with Crippen LogP contribution < -0.4 is 10.6 Å². The molecular weight excluding hydrogens is 539 g/mol. The van der Waals surface area contributed by atoms with E-state index in [1.807, 2.05) is 0 Å². The number of hydrogen-bond acceptors (Lipinski definition) is 6. The van der Waals surface area contributed by atoms with E-state index in [0.717, 1.165) is 6.42 Å². The first-order valence-electron chi connectivity index (χ1n) is 13.2. The van der Waals surface area contributed by atoms with Gasteiger partial charge in [-0.3, -0.25) is 9.59 Å². The van der Waals surface area contributed by atoms with E-state index in [1.54, 1.807) is 19.2 Å². The van der Waals surface area contributed by atoms with Crippen molar-refractivity contribution in [2.24, 2.45) is 0 Å². The van der Waals surface area contributed by atoms with Gasteiger partial charge in [-0.1, -0.05) is 30.8 Å². The lowest BCUT2D eigenvalue weighted by Gasteiger charge is -2.20. The second kappa shape index (κ2) is 14.2. The number of aryl methyl sites for hydroxylation is 1. The lowest BCUT2D eigenvalue weighted by atomic mass is 9.97. The second-order valence-corrected chi connectivity index (χ2v) is 9.80. The smallest absolute Gasteiger partial charge is 0.364 e. The third-order valence-electron chi connectivity index (χ3n) is 5.88. The molecule has 2 saturated carbocycles. The quantitative estimate of drug-likeness (QED) is 0.353. The summed E-state index contributed by atoms with van der Waals surface area (Å²) in [6.45, 7) is 1.87. The minimum atomic E-state index is -4.37. The van der Waals surface area contributed by atoms with Crippen LogP contribution in [0.3, 0.4) is 0 Å². The molecule has 2 N–H and O–H groups in total. The van der Waals surface area contributed by atoms with Crippen LogP contribution in [0.15, 0.2) is 29.2 Å². The predicted molar refractivity (Wildman–Crippen MR) is 134 cm³/mol. The molecule has 2 aliphatic carbocycles. The van der Waals surface area contributed by atoms with Crippen LogP contribution in [0.25, 0.3) is 5.65 Å². The van der Waals surface area contributed by atoms with E-state index in [0.29, 0.717) is 35.3 Å². The molecule has 14 heteroatoms. The third kappa shape index (κ3) is 11.3. The molecule has 40 heavy (non-hydrogen) atoms. The SMILES string of the molecule is C1CC1.Cc1conc1C(=O)NCc1cn2ncc(CNC(=O)CCC(F)(F)F)cc2n1.FC1(F)CCCCC1. The van der Waals surface area contributed by atoms with Gasteiger partial charge in [-0.15, -0.1) is 0 Å². The number of halogens is 5. The van der Waals surface area contributed by atoms with E-state index in [9.17, 15) is 31.5 Å². The number of hydrogen-bond donors (Lipinski definition) is 2. The standard InChI is InChI=1S/C17H17F3N6O3.C6H10F2.C3H6/c1-10-9-29-25-15(10)16(28)22-7-12-8-26-13(24-12)4-11(6-23-26)5-21-14(27)2-3-17(18,19)20;7-6(8)4-2-1-3-5-6;1-2-3-1/h4,6,8-9H,2-3,5,7H2,1H3,(H,21,27)(H,22,28);1-5H2;1-3H2. The van der Waals surface area contributed by atoms with Gasteiger partial charge in [-0.05, 0) is 31.4 Å². The van der Waals surface area contributed by atoms with Crippen molar-refractivity contribution in [3.63, 3.8) is 0 Å². The van der Waals surface area contributed by atoms with Crippen LogP contribution in [-0.4, -0.2) is 43.7 Å². The maximum Gasteiger partial charge on any atom is 0.389 e. The van der Waals surface area contributed by atoms with E-state index in [-0.39, 0.29) is 31.6 Å². The molecule has 0 bridgehead atoms. The van der Waals surface area contributed by atoms with E-state index < -0.39 is 36.8 Å². The van der Waals surface area contributed by atoms with Gasteiger partial charge in [0.25, 0.3) is 5.91 Å². The van der Waals surface area contributed by atoms with E-state index in [2.05, 4.69) is 25.9 Å². The normalized spacial score (nSPS) is 15.8. The van der Waals surface area contributed by atoms with E-state index in [4.69, 9.17) is 4.52 Å². The highest BCUT2D eigenvalue weighted by molar-refractivity contribution is 5.93. The van der Waals surface area contributed by atoms with Gasteiger partial charge in [-0.2, -0.15) is 18.3 Å². The summed E-state index contributed by atoms with van der Waals surface area (Å²) in [5.74, 6) is -3.42. The number of imidazole rings is 1. The van der Waals surface area contributed by atoms with Crippen molar-refractivity contribution in [3.05, 3.63) is 47.2 Å². The van der Waals surface area contributed by atoms with Gasteiger partial charge in [0.2, 0.25) is 11.8 Å². The molecule has 220 valence electrons. The number of nitrogens with zero attached hydrogens (tertiary/aromatic N) is 4. The topological polar surface area (TPSA) is 114 Å². The van der Waals surface area contributed by atoms with Crippen LogP contribution >= 0.6 is 0 Å². The predicted octanol–water partition coefficient (Wildman–Crippen LogP) is 5.67. The zero-order valence-corrected chi connectivity index (χ0v) is 22.2. The molecule has 0 radical (unpaired) electrons. The van der Waals surface area contributed by atoms with Gasteiger partial charge in [0.1, 0.15) is 6.26 Å². The Morgan fingerprint density at radius 2 is 1.73 bits per heavy atom. The summed E-state index contributed by atoms with van der Waals surface area (Å²) in [6.07, 6.45) is 5.46. The molecule has 2 aliphatic rings. The van der Waals surface area contributed by atoms with Crippen molar-refractivity contribution in [1.82, 2.24) is 30.4 Å². The Balaban J connectivity index is 0.000000331. The molecule has 0 atom stereocenters. The fraction of sp³-hybridized carbons (Fsp3) is 0.577. The maximum atomic E-state index is 12.2. The summed E-state index contributed by atoms with van der Waals surface area (Å²) in [5.41, 5.74) is 2.39. The summed E-state index contributed by atoms with van der Waals surface area (Å²) in [7, 11) is 0. The Kier molecular flexibility index (Phi) is 11.0. The van der Waals surface area contributed by atoms with Crippen molar-refractivity contribution in [2.45, 2.75) is 96.3 Å². The fourth-order valence-electron chi connectivity index (χ4n) is 3.52. The lowest BCUT2D eigenvalue weighted by molar-refractivity contribution is -0.144. The average Bonchev–Trinajstić information content (AvgIpc) is 3.63. The summed E-state index contributed by atoms with van der Waals surface area (Å²) in [4.78, 5) is 27.9. The van der Waals surface area contributed by atoms with Crippen molar-refractivity contribution in [3.8, 4) is 0 Å². The highest BCUT2D eigenvalue weighted by Crippen LogP contribution is 2.32. The first kappa shape index (κ1) is 31.0. The zero-order chi connectivity index (χ0) is 29.2. The molecule has 2 fully saturated rings. The first-order valence-corrected chi connectivity index (χ1v) is 13.2. The molecule has 9 nitrogen and oxygen atoms in total. The molecule has 0 spiro atoms. The summed E-state index contributed by atoms with van der Waals surface area (Å²) in [5, 5.41) is 12.8. The molecule has 0 saturated heterocycles. The number of rotatable bonds is 7. The van der Waals surface area contributed by atoms with Crippen LogP contribution in [0.1, 0.15) is 91.5 Å². The summed E-state index contributed by atoms with van der Waals surface area (Å²) >= 11 is 0. The zero-order valence-electron chi connectivity index (χ0n) is 22.2. The fourth-order valence-corrected chi connectivity index (χ4v) is 3.52. The minimum absolute atomic E-state index is 0.0323. The van der Waals surface area contributed by atoms with Crippen molar-refractivity contribution < 1.29 is 36.1 Å². The Bertz CT molecular complexity index is 1240. The Morgan fingerprint density at radius 3 is 2.27 bits per heavy atom. The maximum absolute atomic E-state index is 12.2. The summed E-state index contributed by atoms with van der Waals surface area (Å²) in [6, 6.07) is 1.64. The number of fused-ring (bicyclic) bond motifs is 1. The highest BCUT2D eigenvalue weighted by atomic mass is 19.4. The van der Waals surface area contributed by atoms with Crippen molar-refractivity contribution in [1.29, 1.82) is 0 Å². The van der Waals surface area contributed by atoms with E-state index >= 15 is 0 Å². The molecule has 3 aromatic heterocycles. The molecular formula is C26H33F5N6O3. The van der Waals surface area contributed by atoms with Crippen molar-refractivity contribution in [2.75, 3.05) is 0 Å². The average molecular weight is 573 g/mol. The van der Waals surface area contributed by atoms with Crippen LogP contribution in [0.4, 0.5) is 22.0 Å². The Morgan fingerprint density at radius 1 is 1.05 bits per heavy atom. The van der Waals surface area contributed by atoms with Crippen molar-refractivity contribution >= 4 is 17.5 Å². The second-order valence-electron chi connectivity index (χ2n) is 9.80. The molecule has 3 aromatic rings. The van der Waals surface area contributed by atoms with Crippen LogP contribution in [0.5, 0.6) is 0 Å². The van der Waals surface area contributed by atoms with Crippen LogP contribution in [0.2, 0.25) is 0 Å². The molecule has 0 aliphatic heterocycles. The molecule has 5 rings (SSSR count). The molecule has 0 unspecified atom stereocenters. The molecule has 0 aromatic carbocycles. The van der Waals surface area contributed by atoms with Gasteiger partial charge >= 0.3 is 6.18 Å². The molecule has 2 amide bonds. The lowest BCUT2D eigenvalue weighted by Crippen LogP contribution is -2.24. The monoisotopic (exact) mass is 572 g/mol. The van der Waals surface area contributed by atoms with Gasteiger partial charge < -0.3 is 15.2 Å². The number of carbonyl (C=O) groups excluding carboxylic acids is 2. The number of carbonyl (C=O) groups is 2. The van der Waals surface area contributed by atoms with Gasteiger partial charge in [0.15, 0.2) is 11.3 Å². The van der Waals surface area contributed by atoms with Crippen LogP contribution in [-0.2, 0) is 17.9 Å². The molecule has 3 heterocycles. The van der Waals surface area contributed by atoms with E-state index in [1.165, 1.54) is 36.2 Å². The Labute approximate surface area is 227 Å². The van der Waals surface area contributed by atoms with Gasteiger partial charge in [-0.25, -0.2) is 18.3 Å². The number of aromatic nitrogens is 4. The minimum Gasteiger partial charge on any atom is -0.364 e. The van der Waals surface area contributed by atoms with Gasteiger partial charge in [0, 0.05) is 31.4 Å². The number of nitrogens with one attached hydrogen (secondary N) is 2. The third-order valence-corrected chi connectivity index (χ3v) is 5.88. The Hall–Kier alpha value is -3.58. The summed E-state index contributed by atoms with van der Waals surface area (Å²) < 4.78 is 67.0. The van der Waals surface area contributed by atoms with Gasteiger partial charge in [0.05, 0.1) is 31.1 Å². The first-order chi connectivity index (χ1) is 18.9. The highest BCUT2D eigenvalue weighted by Gasteiger charge is 2.30. The van der Waals surface area contributed by atoms with Crippen LogP contribution in [0, 0.1) is 6.92 Å². The number of alkyl halides is 5.